The van der Waals surface area contributed by atoms with E-state index in [1.807, 2.05) is 23.1 Å². The van der Waals surface area contributed by atoms with Gasteiger partial charge in [0, 0.05) is 23.5 Å². The molecule has 0 radical (unpaired) electrons. The molecule has 0 saturated carbocycles. The summed E-state index contributed by atoms with van der Waals surface area (Å²) in [4.78, 5) is 7.79. The molecule has 3 nitrogen and oxygen atoms in total. The van der Waals surface area contributed by atoms with Crippen molar-refractivity contribution in [2.24, 2.45) is 4.99 Å². The van der Waals surface area contributed by atoms with Crippen LogP contribution < -0.4 is 0 Å². The van der Waals surface area contributed by atoms with Crippen LogP contribution in [0.15, 0.2) is 58.4 Å². The molecule has 2 heterocycles. The minimum atomic E-state index is 0.583. The van der Waals surface area contributed by atoms with Crippen LogP contribution >= 0.6 is 11.8 Å². The summed E-state index contributed by atoms with van der Waals surface area (Å²) in [6.07, 6.45) is 5.26. The Morgan fingerprint density at radius 1 is 1.04 bits per heavy atom. The van der Waals surface area contributed by atoms with E-state index in [9.17, 15) is 0 Å². The van der Waals surface area contributed by atoms with Crippen LogP contribution in [-0.2, 0) is 0 Å². The Morgan fingerprint density at radius 2 is 1.87 bits per heavy atom. The van der Waals surface area contributed by atoms with Crippen molar-refractivity contribution in [3.8, 4) is 0 Å². The van der Waals surface area contributed by atoms with E-state index in [2.05, 4.69) is 47.5 Å². The Hall–Kier alpha value is -2.33. The quantitative estimate of drug-likeness (QED) is 0.836. The molecule has 4 rings (SSSR count). The van der Waals surface area contributed by atoms with Gasteiger partial charge in [-0.05, 0) is 29.7 Å². The van der Waals surface area contributed by atoms with E-state index in [0.717, 1.165) is 41.4 Å². The van der Waals surface area contributed by atoms with Crippen LogP contribution in [0.4, 0.5) is 0 Å². The van der Waals surface area contributed by atoms with E-state index in [4.69, 9.17) is 5.41 Å². The van der Waals surface area contributed by atoms with Crippen molar-refractivity contribution in [1.29, 1.82) is 5.41 Å². The Balaban J connectivity index is 1.67. The van der Waals surface area contributed by atoms with Gasteiger partial charge in [-0.2, -0.15) is 0 Å². The fourth-order valence-corrected chi connectivity index (χ4v) is 3.82. The largest absolute Gasteiger partial charge is 0.305 e. The van der Waals surface area contributed by atoms with E-state index in [1.165, 1.54) is 17.3 Å². The highest BCUT2D eigenvalue weighted by Gasteiger charge is 2.28. The zero-order valence-electron chi connectivity index (χ0n) is 12.7. The number of hydrogen-bond donors (Lipinski definition) is 1. The number of aliphatic imine (C=N–C) groups is 1. The average Bonchev–Trinajstić information content (AvgIpc) is 2.61. The van der Waals surface area contributed by atoms with Crippen LogP contribution in [0.25, 0.3) is 12.2 Å². The molecule has 23 heavy (non-hydrogen) atoms. The summed E-state index contributed by atoms with van der Waals surface area (Å²) in [5, 5.41) is 8.82. The highest BCUT2D eigenvalue weighted by molar-refractivity contribution is 8.14. The number of hydrogen-bond acceptors (Lipinski definition) is 3. The fourth-order valence-electron chi connectivity index (χ4n) is 2.86. The first-order chi connectivity index (χ1) is 11.3. The predicted octanol–water partition coefficient (Wildman–Crippen LogP) is 4.35. The van der Waals surface area contributed by atoms with Crippen molar-refractivity contribution in [3.63, 3.8) is 0 Å². The molecule has 2 aliphatic heterocycles. The van der Waals surface area contributed by atoms with Gasteiger partial charge in [0.05, 0.1) is 0 Å². The van der Waals surface area contributed by atoms with Gasteiger partial charge >= 0.3 is 0 Å². The zero-order valence-corrected chi connectivity index (χ0v) is 13.5. The lowest BCUT2D eigenvalue weighted by molar-refractivity contribution is 0.552. The van der Waals surface area contributed by atoms with Gasteiger partial charge in [0.25, 0.3) is 0 Å². The summed E-state index contributed by atoms with van der Waals surface area (Å²) in [5.74, 6) is 0.966. The van der Waals surface area contributed by atoms with Crippen molar-refractivity contribution in [2.45, 2.75) is 11.3 Å². The van der Waals surface area contributed by atoms with Crippen LogP contribution in [0.2, 0.25) is 0 Å². The molecule has 0 aromatic heterocycles. The highest BCUT2D eigenvalue weighted by Crippen LogP contribution is 2.34. The van der Waals surface area contributed by atoms with Gasteiger partial charge in [-0.25, -0.2) is 0 Å². The Kier molecular flexibility index (Phi) is 3.75. The predicted molar refractivity (Wildman–Crippen MR) is 98.1 cm³/mol. The molecule has 0 bridgehead atoms. The zero-order chi connectivity index (χ0) is 15.6. The van der Waals surface area contributed by atoms with E-state index < -0.39 is 0 Å². The molecule has 2 aliphatic rings. The van der Waals surface area contributed by atoms with E-state index >= 15 is 0 Å². The second-order valence-electron chi connectivity index (χ2n) is 5.62. The molecule has 0 aliphatic carbocycles. The van der Waals surface area contributed by atoms with Gasteiger partial charge in [-0.3, -0.25) is 10.4 Å². The Labute approximate surface area is 140 Å². The molecule has 0 unspecified atom stereocenters. The van der Waals surface area contributed by atoms with E-state index in [-0.39, 0.29) is 0 Å². The normalized spacial score (nSPS) is 17.0. The van der Waals surface area contributed by atoms with Gasteiger partial charge < -0.3 is 4.90 Å². The van der Waals surface area contributed by atoms with Crippen molar-refractivity contribution in [1.82, 2.24) is 4.90 Å². The first kappa shape index (κ1) is 14.3. The molecule has 4 heteroatoms. The third-order valence-electron chi connectivity index (χ3n) is 4.02. The lowest BCUT2D eigenvalue weighted by atomic mass is 10.1. The standard InChI is InChI=1S/C19H17N3S/c20-19-22-12-4-11-21-18(22)16-10-9-15(13-17(16)23-19)8-7-14-5-2-1-3-6-14/h1-3,5-10,13,20H,4,11-12H2/b8-7+,20-19?. The summed E-state index contributed by atoms with van der Waals surface area (Å²) in [6.45, 7) is 1.76. The van der Waals surface area contributed by atoms with Crippen molar-refractivity contribution >= 4 is 34.9 Å². The van der Waals surface area contributed by atoms with Crippen LogP contribution in [0.3, 0.4) is 0 Å². The SMILES string of the molecule is N=C1Sc2cc(/C=C/c3ccccc3)ccc2C2=NCCCN12. The van der Waals surface area contributed by atoms with Crippen molar-refractivity contribution in [2.75, 3.05) is 13.1 Å². The summed E-state index contributed by atoms with van der Waals surface area (Å²) >= 11 is 1.53. The first-order valence-corrected chi connectivity index (χ1v) is 8.59. The maximum atomic E-state index is 8.24. The highest BCUT2D eigenvalue weighted by atomic mass is 32.2. The third-order valence-corrected chi connectivity index (χ3v) is 4.99. The molecule has 0 saturated heterocycles. The van der Waals surface area contributed by atoms with Crippen LogP contribution in [-0.4, -0.2) is 29.0 Å². The third kappa shape index (κ3) is 2.82. The number of fused-ring (bicyclic) bond motifs is 3. The molecule has 1 N–H and O–H groups in total. The molecule has 114 valence electrons. The second kappa shape index (κ2) is 6.05. The molecule has 2 aromatic carbocycles. The number of nitrogens with one attached hydrogen (secondary N) is 1. The van der Waals surface area contributed by atoms with Gasteiger partial charge in [0.1, 0.15) is 5.84 Å². The van der Waals surface area contributed by atoms with Gasteiger partial charge in [0.15, 0.2) is 5.17 Å². The van der Waals surface area contributed by atoms with Gasteiger partial charge in [-0.1, -0.05) is 60.3 Å². The summed E-state index contributed by atoms with van der Waals surface area (Å²) in [7, 11) is 0. The summed E-state index contributed by atoms with van der Waals surface area (Å²) < 4.78 is 0. The number of benzene rings is 2. The van der Waals surface area contributed by atoms with Crippen LogP contribution in [0.1, 0.15) is 23.1 Å². The van der Waals surface area contributed by atoms with E-state index in [1.54, 1.807) is 0 Å². The lowest BCUT2D eigenvalue weighted by Crippen LogP contribution is -2.42. The minimum Gasteiger partial charge on any atom is -0.305 e. The smallest absolute Gasteiger partial charge is 0.166 e. The monoisotopic (exact) mass is 319 g/mol. The number of thioether (sulfide) groups is 1. The summed E-state index contributed by atoms with van der Waals surface area (Å²) in [5.41, 5.74) is 3.49. The molecule has 0 spiro atoms. The molecular formula is C19H17N3S. The number of rotatable bonds is 2. The molecular weight excluding hydrogens is 302 g/mol. The van der Waals surface area contributed by atoms with Gasteiger partial charge in [-0.15, -0.1) is 0 Å². The number of amidine groups is 2. The lowest BCUT2D eigenvalue weighted by Gasteiger charge is -2.34. The van der Waals surface area contributed by atoms with Crippen LogP contribution in [0, 0.1) is 5.41 Å². The van der Waals surface area contributed by atoms with E-state index in [0.29, 0.717) is 5.17 Å². The molecule has 2 aromatic rings. The molecule has 0 atom stereocenters. The number of nitrogens with zero attached hydrogens (tertiary/aromatic N) is 2. The van der Waals surface area contributed by atoms with Gasteiger partial charge in [0.2, 0.25) is 0 Å². The topological polar surface area (TPSA) is 39.5 Å². The Morgan fingerprint density at radius 3 is 2.74 bits per heavy atom. The molecule has 0 fully saturated rings. The minimum absolute atomic E-state index is 0.583. The maximum absolute atomic E-state index is 8.24. The second-order valence-corrected chi connectivity index (χ2v) is 6.65. The summed E-state index contributed by atoms with van der Waals surface area (Å²) in [6, 6.07) is 16.7. The first-order valence-electron chi connectivity index (χ1n) is 7.77. The van der Waals surface area contributed by atoms with Crippen LogP contribution in [0.5, 0.6) is 0 Å². The fraction of sp³-hybridized carbons (Fsp3) is 0.158. The Bertz CT molecular complexity index is 809. The van der Waals surface area contributed by atoms with Crippen molar-refractivity contribution < 1.29 is 0 Å². The maximum Gasteiger partial charge on any atom is 0.166 e. The van der Waals surface area contributed by atoms with Crippen molar-refractivity contribution in [3.05, 3.63) is 65.2 Å². The molecule has 0 amide bonds. The average molecular weight is 319 g/mol.